The topological polar surface area (TPSA) is 38.0 Å². The van der Waals surface area contributed by atoms with Crippen molar-refractivity contribution >= 4 is 22.9 Å². The van der Waals surface area contributed by atoms with Crippen molar-refractivity contribution in [1.82, 2.24) is 0 Å². The van der Waals surface area contributed by atoms with E-state index in [0.717, 1.165) is 5.56 Å². The number of hydrogen-bond acceptors (Lipinski definition) is 2. The third kappa shape index (κ3) is 3.45. The van der Waals surface area contributed by atoms with Gasteiger partial charge in [-0.05, 0) is 55.4 Å². The molecule has 18 heavy (non-hydrogen) atoms. The Hall–Kier alpha value is -1.09. The summed E-state index contributed by atoms with van der Waals surface area (Å²) in [5.74, 6) is 0. The standard InChI is InChI=1S/C15H22N2S/c1-15(2)9-7-13(8-10-15)17-12-5-3-11(4-6-12)14(16)18/h3-6,13,17H,7-10H2,1-2H3,(H2,16,18). The largest absolute Gasteiger partial charge is 0.389 e. The van der Waals surface area contributed by atoms with E-state index >= 15 is 0 Å². The second-order valence-electron chi connectivity index (χ2n) is 6.02. The van der Waals surface area contributed by atoms with Crippen LogP contribution in [0.5, 0.6) is 0 Å². The van der Waals surface area contributed by atoms with Gasteiger partial charge in [0.2, 0.25) is 0 Å². The zero-order chi connectivity index (χ0) is 13.2. The number of nitrogens with one attached hydrogen (secondary N) is 1. The molecule has 0 atom stereocenters. The molecule has 1 aromatic rings. The molecule has 1 aliphatic rings. The molecule has 3 N–H and O–H groups in total. The monoisotopic (exact) mass is 262 g/mol. The molecule has 0 spiro atoms. The average molecular weight is 262 g/mol. The second kappa shape index (κ2) is 5.27. The van der Waals surface area contributed by atoms with Gasteiger partial charge in [-0.3, -0.25) is 0 Å². The van der Waals surface area contributed by atoms with E-state index < -0.39 is 0 Å². The first-order valence-electron chi connectivity index (χ1n) is 6.63. The molecule has 0 unspecified atom stereocenters. The fourth-order valence-electron chi connectivity index (χ4n) is 2.51. The summed E-state index contributed by atoms with van der Waals surface area (Å²) >= 11 is 4.95. The van der Waals surface area contributed by atoms with E-state index in [1.54, 1.807) is 0 Å². The van der Waals surface area contributed by atoms with Crippen LogP contribution in [0.4, 0.5) is 5.69 Å². The lowest BCUT2D eigenvalue weighted by atomic mass is 9.75. The highest BCUT2D eigenvalue weighted by Gasteiger charge is 2.26. The van der Waals surface area contributed by atoms with Gasteiger partial charge in [0.1, 0.15) is 4.99 Å². The van der Waals surface area contributed by atoms with E-state index in [4.69, 9.17) is 18.0 Å². The lowest BCUT2D eigenvalue weighted by Gasteiger charge is -2.35. The molecular weight excluding hydrogens is 240 g/mol. The van der Waals surface area contributed by atoms with Gasteiger partial charge < -0.3 is 11.1 Å². The molecule has 0 aliphatic heterocycles. The third-order valence-electron chi connectivity index (χ3n) is 3.88. The van der Waals surface area contributed by atoms with Gasteiger partial charge >= 0.3 is 0 Å². The summed E-state index contributed by atoms with van der Waals surface area (Å²) in [6.45, 7) is 4.72. The van der Waals surface area contributed by atoms with Gasteiger partial charge in [0.25, 0.3) is 0 Å². The van der Waals surface area contributed by atoms with E-state index in [1.807, 2.05) is 12.1 Å². The Morgan fingerprint density at radius 1 is 1.22 bits per heavy atom. The van der Waals surface area contributed by atoms with Crippen LogP contribution in [0.3, 0.4) is 0 Å². The number of anilines is 1. The van der Waals surface area contributed by atoms with Crippen molar-refractivity contribution in [1.29, 1.82) is 0 Å². The van der Waals surface area contributed by atoms with Crippen LogP contribution in [0.1, 0.15) is 45.1 Å². The van der Waals surface area contributed by atoms with Gasteiger partial charge in [0, 0.05) is 17.3 Å². The highest BCUT2D eigenvalue weighted by Crippen LogP contribution is 2.36. The van der Waals surface area contributed by atoms with E-state index in [-0.39, 0.29) is 0 Å². The van der Waals surface area contributed by atoms with E-state index in [2.05, 4.69) is 31.3 Å². The Balaban J connectivity index is 1.92. The summed E-state index contributed by atoms with van der Waals surface area (Å²) in [6, 6.07) is 8.70. The number of benzene rings is 1. The van der Waals surface area contributed by atoms with E-state index in [9.17, 15) is 0 Å². The van der Waals surface area contributed by atoms with Crippen LogP contribution in [-0.2, 0) is 0 Å². The molecule has 3 heteroatoms. The normalized spacial score (nSPS) is 19.4. The number of nitrogens with two attached hydrogens (primary N) is 1. The molecule has 0 aromatic heterocycles. The van der Waals surface area contributed by atoms with E-state index in [0.29, 0.717) is 16.4 Å². The quantitative estimate of drug-likeness (QED) is 0.816. The Bertz CT molecular complexity index is 413. The molecule has 1 aliphatic carbocycles. The molecule has 1 fully saturated rings. The van der Waals surface area contributed by atoms with Crippen LogP contribution in [0, 0.1) is 5.41 Å². The Labute approximate surface area is 115 Å². The molecule has 1 aromatic carbocycles. The van der Waals surface area contributed by atoms with Crippen molar-refractivity contribution < 1.29 is 0 Å². The molecule has 0 heterocycles. The van der Waals surface area contributed by atoms with Crippen molar-refractivity contribution in [3.05, 3.63) is 29.8 Å². The fraction of sp³-hybridized carbons (Fsp3) is 0.533. The predicted octanol–water partition coefficient (Wildman–Crippen LogP) is 3.70. The second-order valence-corrected chi connectivity index (χ2v) is 6.46. The van der Waals surface area contributed by atoms with Crippen molar-refractivity contribution in [2.45, 2.75) is 45.6 Å². The predicted molar refractivity (Wildman–Crippen MR) is 82.0 cm³/mol. The highest BCUT2D eigenvalue weighted by molar-refractivity contribution is 7.80. The fourth-order valence-corrected chi connectivity index (χ4v) is 2.65. The van der Waals surface area contributed by atoms with Gasteiger partial charge in [0.15, 0.2) is 0 Å². The Kier molecular flexibility index (Phi) is 3.91. The maximum absolute atomic E-state index is 5.59. The highest BCUT2D eigenvalue weighted by atomic mass is 32.1. The summed E-state index contributed by atoms with van der Waals surface area (Å²) in [4.78, 5) is 0.459. The lowest BCUT2D eigenvalue weighted by molar-refractivity contribution is 0.232. The van der Waals surface area contributed by atoms with Crippen LogP contribution < -0.4 is 11.1 Å². The zero-order valence-corrected chi connectivity index (χ0v) is 12.0. The summed E-state index contributed by atoms with van der Waals surface area (Å²) in [6.07, 6.45) is 5.11. The minimum atomic E-state index is 0.459. The number of rotatable bonds is 3. The van der Waals surface area contributed by atoms with Crippen LogP contribution in [0.2, 0.25) is 0 Å². The summed E-state index contributed by atoms with van der Waals surface area (Å²) in [7, 11) is 0. The first-order chi connectivity index (χ1) is 8.46. The molecule has 0 bridgehead atoms. The van der Waals surface area contributed by atoms with Crippen molar-refractivity contribution in [3.63, 3.8) is 0 Å². The molecule has 0 saturated heterocycles. The van der Waals surface area contributed by atoms with Gasteiger partial charge in [-0.2, -0.15) is 0 Å². The van der Waals surface area contributed by atoms with Crippen molar-refractivity contribution in [2.75, 3.05) is 5.32 Å². The van der Waals surface area contributed by atoms with Crippen molar-refractivity contribution in [2.24, 2.45) is 11.1 Å². The minimum absolute atomic E-state index is 0.459. The summed E-state index contributed by atoms with van der Waals surface area (Å²) in [5, 5.41) is 3.60. The molecule has 1 saturated carbocycles. The average Bonchev–Trinajstić information content (AvgIpc) is 2.33. The lowest BCUT2D eigenvalue weighted by Crippen LogP contribution is -2.29. The van der Waals surface area contributed by atoms with Crippen LogP contribution >= 0.6 is 12.2 Å². The third-order valence-corrected chi connectivity index (χ3v) is 4.12. The number of thiocarbonyl (C=S) groups is 1. The SMILES string of the molecule is CC1(C)CCC(Nc2ccc(C(N)=S)cc2)CC1. The molecule has 98 valence electrons. The summed E-state index contributed by atoms with van der Waals surface area (Å²) in [5.41, 5.74) is 8.21. The molecular formula is C15H22N2S. The molecule has 2 rings (SSSR count). The van der Waals surface area contributed by atoms with Gasteiger partial charge in [-0.15, -0.1) is 0 Å². The molecule has 2 nitrogen and oxygen atoms in total. The molecule has 0 radical (unpaired) electrons. The van der Waals surface area contributed by atoms with E-state index in [1.165, 1.54) is 31.4 Å². The number of hydrogen-bond donors (Lipinski definition) is 2. The van der Waals surface area contributed by atoms with Gasteiger partial charge in [0.05, 0.1) is 0 Å². The summed E-state index contributed by atoms with van der Waals surface area (Å²) < 4.78 is 0. The van der Waals surface area contributed by atoms with Gasteiger partial charge in [-0.1, -0.05) is 26.1 Å². The Morgan fingerprint density at radius 2 is 1.78 bits per heavy atom. The molecule has 0 amide bonds. The minimum Gasteiger partial charge on any atom is -0.389 e. The zero-order valence-electron chi connectivity index (χ0n) is 11.2. The maximum Gasteiger partial charge on any atom is 0.103 e. The van der Waals surface area contributed by atoms with Crippen LogP contribution in [0.25, 0.3) is 0 Å². The first kappa shape index (κ1) is 13.3. The maximum atomic E-state index is 5.59. The smallest absolute Gasteiger partial charge is 0.103 e. The Morgan fingerprint density at radius 3 is 2.28 bits per heavy atom. The van der Waals surface area contributed by atoms with Gasteiger partial charge in [-0.25, -0.2) is 0 Å². The first-order valence-corrected chi connectivity index (χ1v) is 7.03. The van der Waals surface area contributed by atoms with Crippen molar-refractivity contribution in [3.8, 4) is 0 Å². The van der Waals surface area contributed by atoms with Crippen LogP contribution in [-0.4, -0.2) is 11.0 Å². The van der Waals surface area contributed by atoms with Crippen LogP contribution in [0.15, 0.2) is 24.3 Å².